The number of benzene rings is 2. The lowest BCUT2D eigenvalue weighted by atomic mass is 10.0. The van der Waals surface area contributed by atoms with Crippen molar-refractivity contribution in [1.29, 1.82) is 0 Å². The lowest BCUT2D eigenvalue weighted by Crippen LogP contribution is -1.85. The minimum Gasteiger partial charge on any atom is -0.464 e. The first kappa shape index (κ1) is 10.3. The number of pyridine rings is 1. The molecule has 2 nitrogen and oxygen atoms in total. The highest BCUT2D eigenvalue weighted by molar-refractivity contribution is 5.96. The van der Waals surface area contributed by atoms with Crippen molar-refractivity contribution >= 4 is 21.7 Å². The van der Waals surface area contributed by atoms with Crippen molar-refractivity contribution in [2.45, 2.75) is 0 Å². The molecule has 2 heterocycles. The smallest absolute Gasteiger partial charge is 0.133 e. The van der Waals surface area contributed by atoms with E-state index in [9.17, 15) is 0 Å². The van der Waals surface area contributed by atoms with Crippen LogP contribution in [0.5, 0.6) is 0 Å². The van der Waals surface area contributed by atoms with Gasteiger partial charge in [-0.25, -0.2) is 0 Å². The quantitative estimate of drug-likeness (QED) is 0.488. The average Bonchev–Trinajstić information content (AvgIpc) is 2.94. The Kier molecular flexibility index (Phi) is 2.15. The summed E-state index contributed by atoms with van der Waals surface area (Å²) in [6, 6.07) is 18.5. The summed E-state index contributed by atoms with van der Waals surface area (Å²) >= 11 is 0. The second-order valence-corrected chi connectivity index (χ2v) is 4.55. The Morgan fingerprint density at radius 3 is 2.79 bits per heavy atom. The van der Waals surface area contributed by atoms with Crippen LogP contribution in [0.3, 0.4) is 0 Å². The third kappa shape index (κ3) is 1.61. The van der Waals surface area contributed by atoms with Crippen molar-refractivity contribution in [2.24, 2.45) is 0 Å². The van der Waals surface area contributed by atoms with Gasteiger partial charge >= 0.3 is 0 Å². The Morgan fingerprint density at radius 2 is 1.79 bits per heavy atom. The number of fused-ring (bicyclic) bond motifs is 2. The summed E-state index contributed by atoms with van der Waals surface area (Å²) in [4.78, 5) is 4.54. The molecular formula is C17H11NO. The van der Waals surface area contributed by atoms with Crippen LogP contribution in [0.15, 0.2) is 71.5 Å². The fraction of sp³-hybridized carbons (Fsp3) is 0. The minimum absolute atomic E-state index is 0.906. The molecule has 0 aliphatic rings. The maximum atomic E-state index is 5.38. The largest absolute Gasteiger partial charge is 0.464 e. The van der Waals surface area contributed by atoms with Crippen molar-refractivity contribution < 1.29 is 4.42 Å². The molecule has 2 aromatic carbocycles. The van der Waals surface area contributed by atoms with Crippen LogP contribution in [-0.2, 0) is 0 Å². The highest BCUT2D eigenvalue weighted by Gasteiger charge is 2.06. The molecule has 0 unspecified atom stereocenters. The highest BCUT2D eigenvalue weighted by atomic mass is 16.3. The summed E-state index contributed by atoms with van der Waals surface area (Å²) in [6.07, 6.45) is 3.57. The third-order valence-electron chi connectivity index (χ3n) is 3.40. The lowest BCUT2D eigenvalue weighted by Gasteiger charge is -2.05. The second kappa shape index (κ2) is 3.95. The van der Waals surface area contributed by atoms with E-state index in [1.165, 1.54) is 10.8 Å². The summed E-state index contributed by atoms with van der Waals surface area (Å²) < 4.78 is 5.38. The molecule has 0 spiro atoms. The van der Waals surface area contributed by atoms with Gasteiger partial charge in [-0.3, -0.25) is 4.98 Å². The van der Waals surface area contributed by atoms with Crippen LogP contribution in [0.4, 0.5) is 0 Å². The first-order chi connectivity index (χ1) is 9.42. The molecule has 0 N–H and O–H groups in total. The molecule has 0 atom stereocenters. The Hall–Kier alpha value is -2.61. The molecule has 2 heteroatoms. The summed E-state index contributed by atoms with van der Waals surface area (Å²) in [6.45, 7) is 0. The standard InChI is InChI=1S/C17H11NO/c1-2-4-15-12(3-1)7-9-18-17(15)14-5-6-16-13(11-14)8-10-19-16/h1-11H. The predicted octanol–water partition coefficient (Wildman–Crippen LogP) is 4.65. The van der Waals surface area contributed by atoms with Crippen molar-refractivity contribution in [2.75, 3.05) is 0 Å². The molecule has 0 radical (unpaired) electrons. The SMILES string of the molecule is c1ccc2c(-c3ccc4occc4c3)nccc2c1. The van der Waals surface area contributed by atoms with E-state index in [1.807, 2.05) is 36.5 Å². The summed E-state index contributed by atoms with van der Waals surface area (Å²) in [5, 5.41) is 3.49. The fourth-order valence-electron chi connectivity index (χ4n) is 2.46. The van der Waals surface area contributed by atoms with Gasteiger partial charge in [0.15, 0.2) is 0 Å². The van der Waals surface area contributed by atoms with E-state index in [0.717, 1.165) is 22.2 Å². The average molecular weight is 245 g/mol. The maximum Gasteiger partial charge on any atom is 0.133 e. The second-order valence-electron chi connectivity index (χ2n) is 4.55. The normalized spacial score (nSPS) is 11.2. The van der Waals surface area contributed by atoms with E-state index in [0.29, 0.717) is 0 Å². The molecule has 0 saturated carbocycles. The van der Waals surface area contributed by atoms with Gasteiger partial charge < -0.3 is 4.42 Å². The van der Waals surface area contributed by atoms with Crippen molar-refractivity contribution in [3.63, 3.8) is 0 Å². The van der Waals surface area contributed by atoms with E-state index in [2.05, 4.69) is 29.2 Å². The highest BCUT2D eigenvalue weighted by Crippen LogP contribution is 2.29. The lowest BCUT2D eigenvalue weighted by molar-refractivity contribution is 0.616. The number of hydrogen-bond donors (Lipinski definition) is 0. The number of hydrogen-bond acceptors (Lipinski definition) is 2. The summed E-state index contributed by atoms with van der Waals surface area (Å²) in [5.74, 6) is 0. The first-order valence-electron chi connectivity index (χ1n) is 6.23. The molecule has 4 rings (SSSR count). The summed E-state index contributed by atoms with van der Waals surface area (Å²) in [5.41, 5.74) is 3.04. The molecule has 0 fully saturated rings. The Bertz CT molecular complexity index is 871. The molecule has 0 bridgehead atoms. The van der Waals surface area contributed by atoms with Crippen LogP contribution >= 0.6 is 0 Å². The van der Waals surface area contributed by atoms with Gasteiger partial charge in [-0.05, 0) is 35.7 Å². The zero-order valence-corrected chi connectivity index (χ0v) is 10.2. The van der Waals surface area contributed by atoms with Crippen molar-refractivity contribution in [3.05, 3.63) is 67.1 Å². The van der Waals surface area contributed by atoms with E-state index >= 15 is 0 Å². The van der Waals surface area contributed by atoms with Crippen molar-refractivity contribution in [1.82, 2.24) is 4.98 Å². The fourth-order valence-corrected chi connectivity index (χ4v) is 2.46. The minimum atomic E-state index is 0.906. The van der Waals surface area contributed by atoms with Gasteiger partial charge in [0.2, 0.25) is 0 Å². The molecular weight excluding hydrogens is 234 g/mol. The summed E-state index contributed by atoms with van der Waals surface area (Å²) in [7, 11) is 0. The number of aromatic nitrogens is 1. The van der Waals surface area contributed by atoms with Crippen LogP contribution in [0.25, 0.3) is 33.0 Å². The molecule has 2 aromatic heterocycles. The van der Waals surface area contributed by atoms with Gasteiger partial charge in [-0.1, -0.05) is 24.3 Å². The van der Waals surface area contributed by atoms with Crippen LogP contribution in [0, 0.1) is 0 Å². The van der Waals surface area contributed by atoms with Gasteiger partial charge in [-0.2, -0.15) is 0 Å². The van der Waals surface area contributed by atoms with Crippen molar-refractivity contribution in [3.8, 4) is 11.3 Å². The van der Waals surface area contributed by atoms with Gasteiger partial charge in [-0.15, -0.1) is 0 Å². The Morgan fingerprint density at radius 1 is 0.842 bits per heavy atom. The molecule has 0 saturated heterocycles. The van der Waals surface area contributed by atoms with E-state index in [4.69, 9.17) is 4.42 Å². The monoisotopic (exact) mass is 245 g/mol. The number of nitrogens with zero attached hydrogens (tertiary/aromatic N) is 1. The van der Waals surface area contributed by atoms with E-state index < -0.39 is 0 Å². The van der Waals surface area contributed by atoms with Gasteiger partial charge in [0.1, 0.15) is 5.58 Å². The molecule has 0 amide bonds. The van der Waals surface area contributed by atoms with Crippen LogP contribution < -0.4 is 0 Å². The molecule has 19 heavy (non-hydrogen) atoms. The van der Waals surface area contributed by atoms with E-state index in [-0.39, 0.29) is 0 Å². The Balaban J connectivity index is 2.03. The molecule has 90 valence electrons. The zero-order valence-electron chi connectivity index (χ0n) is 10.2. The van der Waals surface area contributed by atoms with Crippen LogP contribution in [0.2, 0.25) is 0 Å². The van der Waals surface area contributed by atoms with Gasteiger partial charge in [0.05, 0.1) is 12.0 Å². The molecule has 0 aliphatic heterocycles. The van der Waals surface area contributed by atoms with E-state index in [1.54, 1.807) is 6.26 Å². The van der Waals surface area contributed by atoms with Crippen LogP contribution in [-0.4, -0.2) is 4.98 Å². The first-order valence-corrected chi connectivity index (χ1v) is 6.23. The number of furan rings is 1. The molecule has 0 aliphatic carbocycles. The maximum absolute atomic E-state index is 5.38. The van der Waals surface area contributed by atoms with Gasteiger partial charge in [0.25, 0.3) is 0 Å². The third-order valence-corrected chi connectivity index (χ3v) is 3.40. The zero-order chi connectivity index (χ0) is 12.7. The van der Waals surface area contributed by atoms with Crippen LogP contribution in [0.1, 0.15) is 0 Å². The topological polar surface area (TPSA) is 26.0 Å². The predicted molar refractivity (Wildman–Crippen MR) is 77.0 cm³/mol. The Labute approximate surface area is 110 Å². The van der Waals surface area contributed by atoms with Gasteiger partial charge in [0, 0.05) is 22.5 Å². The number of rotatable bonds is 1. The molecule has 4 aromatic rings.